The zero-order chi connectivity index (χ0) is 17.8. The lowest BCUT2D eigenvalue weighted by Crippen LogP contribution is -2.50. The molecule has 2 aromatic rings. The molecule has 2 amide bonds. The number of hydrogen-bond donors (Lipinski definition) is 0. The fraction of sp³-hybridized carbons (Fsp3) is 0.500. The molecule has 25 heavy (non-hydrogen) atoms. The van der Waals surface area contributed by atoms with Crippen molar-refractivity contribution in [2.75, 3.05) is 18.0 Å². The Labute approximate surface area is 149 Å². The summed E-state index contributed by atoms with van der Waals surface area (Å²) < 4.78 is 2.14. The monoisotopic (exact) mass is 338 g/mol. The van der Waals surface area contributed by atoms with Crippen molar-refractivity contribution in [2.45, 2.75) is 46.6 Å². The molecule has 1 aromatic carbocycles. The molecule has 1 aromatic heterocycles. The average Bonchev–Trinajstić information content (AvgIpc) is 3.23. The molecular formula is C20H26N4O. The second kappa shape index (κ2) is 5.61. The van der Waals surface area contributed by atoms with Gasteiger partial charge in [-0.05, 0) is 42.9 Å². The molecule has 132 valence electrons. The predicted molar refractivity (Wildman–Crippen MR) is 99.2 cm³/mol. The molecule has 5 nitrogen and oxygen atoms in total. The largest absolute Gasteiger partial charge is 0.325 e. The Hall–Kier alpha value is -2.30. The molecule has 0 spiro atoms. The van der Waals surface area contributed by atoms with Gasteiger partial charge in [-0.2, -0.15) is 0 Å². The smallest absolute Gasteiger partial charge is 0.324 e. The van der Waals surface area contributed by atoms with Crippen molar-refractivity contribution in [1.82, 2.24) is 14.5 Å². The number of likely N-dealkylation sites (tertiary alicyclic amines) is 1. The number of fused-ring (bicyclic) bond motifs is 3. The van der Waals surface area contributed by atoms with E-state index in [1.165, 1.54) is 0 Å². The number of urea groups is 1. The summed E-state index contributed by atoms with van der Waals surface area (Å²) in [6, 6.07) is 6.40. The number of aromatic nitrogens is 2. The molecule has 1 saturated heterocycles. The zero-order valence-corrected chi connectivity index (χ0v) is 15.5. The van der Waals surface area contributed by atoms with Crippen LogP contribution >= 0.6 is 0 Å². The van der Waals surface area contributed by atoms with Gasteiger partial charge in [0.1, 0.15) is 0 Å². The molecule has 0 saturated carbocycles. The van der Waals surface area contributed by atoms with Gasteiger partial charge in [0.15, 0.2) is 0 Å². The number of carbonyl (C=O) groups excluding carboxylic acids is 1. The molecule has 0 aliphatic carbocycles. The van der Waals surface area contributed by atoms with E-state index in [4.69, 9.17) is 0 Å². The number of rotatable bonds is 0. The van der Waals surface area contributed by atoms with Crippen LogP contribution in [0.5, 0.6) is 0 Å². The lowest BCUT2D eigenvalue weighted by molar-refractivity contribution is 0.201. The molecule has 0 bridgehead atoms. The van der Waals surface area contributed by atoms with Crippen LogP contribution < -0.4 is 4.90 Å². The second-order valence-corrected chi connectivity index (χ2v) is 8.30. The zero-order valence-electron chi connectivity index (χ0n) is 15.5. The van der Waals surface area contributed by atoms with E-state index in [1.807, 2.05) is 22.3 Å². The second-order valence-electron chi connectivity index (χ2n) is 8.30. The Balaban J connectivity index is 1.92. The number of benzene rings is 1. The minimum absolute atomic E-state index is 0.0441. The van der Waals surface area contributed by atoms with Gasteiger partial charge in [0.25, 0.3) is 0 Å². The van der Waals surface area contributed by atoms with Crippen LogP contribution in [0.3, 0.4) is 0 Å². The molecule has 4 rings (SSSR count). The summed E-state index contributed by atoms with van der Waals surface area (Å²) in [5, 5.41) is 0. The van der Waals surface area contributed by atoms with Crippen LogP contribution in [-0.4, -0.2) is 33.6 Å². The Morgan fingerprint density at radius 2 is 1.88 bits per heavy atom. The third kappa shape index (κ3) is 2.53. The van der Waals surface area contributed by atoms with E-state index in [0.717, 1.165) is 48.6 Å². The van der Waals surface area contributed by atoms with Crippen molar-refractivity contribution in [2.24, 2.45) is 5.41 Å². The maximum Gasteiger partial charge on any atom is 0.325 e. The Kier molecular flexibility index (Phi) is 3.63. The molecule has 2 aliphatic rings. The van der Waals surface area contributed by atoms with Crippen LogP contribution in [0.4, 0.5) is 10.5 Å². The minimum atomic E-state index is -0.103. The molecule has 3 heterocycles. The van der Waals surface area contributed by atoms with Crippen molar-refractivity contribution in [3.63, 3.8) is 0 Å². The first-order valence-electron chi connectivity index (χ1n) is 9.09. The van der Waals surface area contributed by atoms with Crippen molar-refractivity contribution in [1.29, 1.82) is 0 Å². The molecular weight excluding hydrogens is 312 g/mol. The summed E-state index contributed by atoms with van der Waals surface area (Å²) >= 11 is 0. The van der Waals surface area contributed by atoms with Crippen molar-refractivity contribution in [3.8, 4) is 5.69 Å². The van der Waals surface area contributed by atoms with E-state index < -0.39 is 0 Å². The highest BCUT2D eigenvalue weighted by molar-refractivity contribution is 5.96. The van der Waals surface area contributed by atoms with Gasteiger partial charge in [0.2, 0.25) is 0 Å². The maximum atomic E-state index is 13.5. The fourth-order valence-corrected chi connectivity index (χ4v) is 4.12. The van der Waals surface area contributed by atoms with Crippen LogP contribution in [0.25, 0.3) is 5.69 Å². The van der Waals surface area contributed by atoms with Gasteiger partial charge in [-0.15, -0.1) is 0 Å². The van der Waals surface area contributed by atoms with Crippen molar-refractivity contribution >= 4 is 11.7 Å². The third-order valence-electron chi connectivity index (χ3n) is 5.26. The van der Waals surface area contributed by atoms with Crippen LogP contribution in [0, 0.1) is 12.3 Å². The Morgan fingerprint density at radius 1 is 1.16 bits per heavy atom. The molecule has 0 N–H and O–H groups in total. The summed E-state index contributed by atoms with van der Waals surface area (Å²) in [5.74, 6) is 0. The minimum Gasteiger partial charge on any atom is -0.324 e. The lowest BCUT2D eigenvalue weighted by Gasteiger charge is -2.45. The number of nitrogens with zero attached hydrogens (tertiary/aromatic N) is 4. The summed E-state index contributed by atoms with van der Waals surface area (Å²) in [6.07, 6.45) is 5.96. The highest BCUT2D eigenvalue weighted by atomic mass is 16.2. The first kappa shape index (κ1) is 16.2. The van der Waals surface area contributed by atoms with E-state index in [-0.39, 0.29) is 17.5 Å². The van der Waals surface area contributed by atoms with E-state index in [9.17, 15) is 4.79 Å². The van der Waals surface area contributed by atoms with Gasteiger partial charge in [-0.3, -0.25) is 9.47 Å². The van der Waals surface area contributed by atoms with Gasteiger partial charge in [-0.1, -0.05) is 26.8 Å². The maximum absolute atomic E-state index is 13.5. The highest BCUT2D eigenvalue weighted by Crippen LogP contribution is 2.47. The Bertz CT molecular complexity index is 811. The molecule has 1 atom stereocenters. The quantitative estimate of drug-likeness (QED) is 0.718. The number of amides is 2. The number of carbonyl (C=O) groups is 1. The first-order valence-corrected chi connectivity index (χ1v) is 9.09. The average molecular weight is 338 g/mol. The first-order chi connectivity index (χ1) is 11.9. The summed E-state index contributed by atoms with van der Waals surface area (Å²) in [6.45, 7) is 10.4. The summed E-state index contributed by atoms with van der Waals surface area (Å²) in [7, 11) is 0. The summed E-state index contributed by atoms with van der Waals surface area (Å²) in [4.78, 5) is 21.9. The number of hydrogen-bond acceptors (Lipinski definition) is 2. The SMILES string of the molecule is Cc1ccc2c(c1)N(C(=O)N1CCCC1)C(C(C)(C)C)c1cncn1-2. The number of imidazole rings is 1. The Morgan fingerprint density at radius 3 is 2.56 bits per heavy atom. The van der Waals surface area contributed by atoms with Gasteiger partial charge in [0, 0.05) is 13.1 Å². The lowest BCUT2D eigenvalue weighted by atomic mass is 9.82. The van der Waals surface area contributed by atoms with E-state index in [1.54, 1.807) is 0 Å². The van der Waals surface area contributed by atoms with Crippen LogP contribution in [-0.2, 0) is 0 Å². The molecule has 2 aliphatic heterocycles. The normalized spacial score (nSPS) is 19.8. The van der Waals surface area contributed by atoms with Crippen molar-refractivity contribution < 1.29 is 4.79 Å². The van der Waals surface area contributed by atoms with Gasteiger partial charge < -0.3 is 4.90 Å². The van der Waals surface area contributed by atoms with E-state index in [2.05, 4.69) is 55.4 Å². The van der Waals surface area contributed by atoms with Crippen LogP contribution in [0.2, 0.25) is 0 Å². The van der Waals surface area contributed by atoms with Gasteiger partial charge >= 0.3 is 6.03 Å². The number of aryl methyl sites for hydroxylation is 1. The van der Waals surface area contributed by atoms with Crippen molar-refractivity contribution in [3.05, 3.63) is 42.0 Å². The molecule has 5 heteroatoms. The fourth-order valence-electron chi connectivity index (χ4n) is 4.12. The molecule has 1 unspecified atom stereocenters. The molecule has 1 fully saturated rings. The van der Waals surface area contributed by atoms with Crippen LogP contribution in [0.1, 0.15) is 50.9 Å². The predicted octanol–water partition coefficient (Wildman–Crippen LogP) is 4.30. The highest BCUT2D eigenvalue weighted by Gasteiger charge is 2.43. The van der Waals surface area contributed by atoms with Gasteiger partial charge in [0.05, 0.1) is 35.6 Å². The summed E-state index contributed by atoms with van der Waals surface area (Å²) in [5.41, 5.74) is 4.16. The topological polar surface area (TPSA) is 41.4 Å². The van der Waals surface area contributed by atoms with E-state index >= 15 is 0 Å². The van der Waals surface area contributed by atoms with Gasteiger partial charge in [-0.25, -0.2) is 9.78 Å². The van der Waals surface area contributed by atoms with E-state index in [0.29, 0.717) is 0 Å². The third-order valence-corrected chi connectivity index (χ3v) is 5.26. The van der Waals surface area contributed by atoms with Crippen LogP contribution in [0.15, 0.2) is 30.7 Å². The standard InChI is InChI=1S/C20H26N4O/c1-14-7-8-15-16(11-14)24(19(25)22-9-5-6-10-22)18(20(2,3)4)17-12-21-13-23(15)17/h7-8,11-13,18H,5-6,9-10H2,1-4H3. The number of anilines is 1. The molecule has 0 radical (unpaired) electrons.